The third-order valence-electron chi connectivity index (χ3n) is 3.22. The molecule has 0 atom stereocenters. The van der Waals surface area contributed by atoms with Crippen molar-refractivity contribution in [3.05, 3.63) is 65.4 Å². The van der Waals surface area contributed by atoms with Crippen molar-refractivity contribution in [3.8, 4) is 0 Å². The number of nitrogens with one attached hydrogen (secondary N) is 1. The molecule has 1 heterocycles. The lowest BCUT2D eigenvalue weighted by molar-refractivity contribution is 1.15. The monoisotopic (exact) mass is 283 g/mol. The van der Waals surface area contributed by atoms with Gasteiger partial charge in [-0.1, -0.05) is 23.7 Å². The van der Waals surface area contributed by atoms with Gasteiger partial charge in [-0.2, -0.15) is 0 Å². The molecule has 0 saturated heterocycles. The van der Waals surface area contributed by atoms with E-state index in [1.807, 2.05) is 48.7 Å². The van der Waals surface area contributed by atoms with Crippen molar-refractivity contribution in [2.45, 2.75) is 6.54 Å². The molecule has 20 heavy (non-hydrogen) atoms. The predicted octanol–water partition coefficient (Wildman–Crippen LogP) is 4.08. The van der Waals surface area contributed by atoms with Crippen LogP contribution in [0.5, 0.6) is 0 Å². The van der Waals surface area contributed by atoms with Crippen molar-refractivity contribution in [2.75, 3.05) is 11.1 Å². The number of nitrogens with zero attached hydrogens (tertiary/aromatic N) is 1. The SMILES string of the molecule is Nc1ccc(NCc2cccc(Cl)c2)c2cnccc12. The lowest BCUT2D eigenvalue weighted by atomic mass is 10.1. The number of fused-ring (bicyclic) bond motifs is 1. The highest BCUT2D eigenvalue weighted by Gasteiger charge is 2.04. The number of nitrogen functional groups attached to an aromatic ring is 1. The number of aromatic nitrogens is 1. The normalized spacial score (nSPS) is 10.7. The molecule has 0 aliphatic carbocycles. The number of nitrogens with two attached hydrogens (primary N) is 1. The van der Waals surface area contributed by atoms with Gasteiger partial charge >= 0.3 is 0 Å². The van der Waals surface area contributed by atoms with E-state index in [-0.39, 0.29) is 0 Å². The number of rotatable bonds is 3. The molecule has 0 radical (unpaired) electrons. The average molecular weight is 284 g/mol. The molecule has 3 rings (SSSR count). The standard InChI is InChI=1S/C16H14ClN3/c17-12-3-1-2-11(8-12)9-20-16-5-4-15(18)13-6-7-19-10-14(13)16/h1-8,10,20H,9,18H2. The summed E-state index contributed by atoms with van der Waals surface area (Å²) in [6.45, 7) is 0.703. The number of benzene rings is 2. The van der Waals surface area contributed by atoms with Gasteiger partial charge in [0.2, 0.25) is 0 Å². The summed E-state index contributed by atoms with van der Waals surface area (Å²) in [7, 11) is 0. The number of anilines is 2. The minimum atomic E-state index is 0.703. The molecule has 0 bridgehead atoms. The van der Waals surface area contributed by atoms with Crippen LogP contribution in [0.25, 0.3) is 10.8 Å². The fourth-order valence-corrected chi connectivity index (χ4v) is 2.42. The van der Waals surface area contributed by atoms with E-state index in [1.165, 1.54) is 0 Å². The van der Waals surface area contributed by atoms with Crippen molar-refractivity contribution in [3.63, 3.8) is 0 Å². The maximum atomic E-state index is 5.99. The lowest BCUT2D eigenvalue weighted by Gasteiger charge is -2.11. The molecule has 2 aromatic carbocycles. The first-order chi connectivity index (χ1) is 9.74. The summed E-state index contributed by atoms with van der Waals surface area (Å²) in [5.74, 6) is 0. The third-order valence-corrected chi connectivity index (χ3v) is 3.46. The van der Waals surface area contributed by atoms with Crippen molar-refractivity contribution < 1.29 is 0 Å². The number of hydrogen-bond donors (Lipinski definition) is 2. The summed E-state index contributed by atoms with van der Waals surface area (Å²) in [5.41, 5.74) is 8.89. The summed E-state index contributed by atoms with van der Waals surface area (Å²) in [4.78, 5) is 4.17. The first-order valence-electron chi connectivity index (χ1n) is 6.34. The third kappa shape index (κ3) is 2.53. The minimum absolute atomic E-state index is 0.703. The molecule has 100 valence electrons. The van der Waals surface area contributed by atoms with Crippen LogP contribution in [0.2, 0.25) is 5.02 Å². The minimum Gasteiger partial charge on any atom is -0.398 e. The molecule has 3 N–H and O–H groups in total. The topological polar surface area (TPSA) is 50.9 Å². The van der Waals surface area contributed by atoms with E-state index in [9.17, 15) is 0 Å². The fourth-order valence-electron chi connectivity index (χ4n) is 2.21. The lowest BCUT2D eigenvalue weighted by Crippen LogP contribution is -2.01. The van der Waals surface area contributed by atoms with E-state index in [0.717, 1.165) is 32.7 Å². The molecule has 4 heteroatoms. The van der Waals surface area contributed by atoms with Gasteiger partial charge in [0.25, 0.3) is 0 Å². The van der Waals surface area contributed by atoms with Gasteiger partial charge in [-0.3, -0.25) is 4.98 Å². The highest BCUT2D eigenvalue weighted by molar-refractivity contribution is 6.30. The van der Waals surface area contributed by atoms with Gasteiger partial charge in [-0.05, 0) is 35.9 Å². The van der Waals surface area contributed by atoms with Crippen LogP contribution in [0.3, 0.4) is 0 Å². The second kappa shape index (κ2) is 5.39. The van der Waals surface area contributed by atoms with Gasteiger partial charge in [0.05, 0.1) is 0 Å². The van der Waals surface area contributed by atoms with Crippen molar-refractivity contribution in [1.29, 1.82) is 0 Å². The van der Waals surface area contributed by atoms with E-state index < -0.39 is 0 Å². The molecule has 0 saturated carbocycles. The van der Waals surface area contributed by atoms with Crippen LogP contribution in [0.4, 0.5) is 11.4 Å². The van der Waals surface area contributed by atoms with E-state index in [4.69, 9.17) is 17.3 Å². The first kappa shape index (κ1) is 12.8. The summed E-state index contributed by atoms with van der Waals surface area (Å²) < 4.78 is 0. The van der Waals surface area contributed by atoms with Crippen molar-refractivity contribution in [1.82, 2.24) is 4.98 Å². The van der Waals surface area contributed by atoms with Crippen LogP contribution < -0.4 is 11.1 Å². The van der Waals surface area contributed by atoms with Crippen LogP contribution in [-0.2, 0) is 6.54 Å². The first-order valence-corrected chi connectivity index (χ1v) is 6.72. The van der Waals surface area contributed by atoms with Crippen LogP contribution in [0.15, 0.2) is 54.9 Å². The maximum absolute atomic E-state index is 5.99. The summed E-state index contributed by atoms with van der Waals surface area (Å²) in [5, 5.41) is 6.18. The summed E-state index contributed by atoms with van der Waals surface area (Å²) >= 11 is 5.99. The van der Waals surface area contributed by atoms with Gasteiger partial charge in [0, 0.05) is 46.1 Å². The Morgan fingerprint density at radius 2 is 2.00 bits per heavy atom. The zero-order valence-electron chi connectivity index (χ0n) is 10.8. The van der Waals surface area contributed by atoms with Crippen molar-refractivity contribution in [2.24, 2.45) is 0 Å². The fraction of sp³-hybridized carbons (Fsp3) is 0.0625. The Morgan fingerprint density at radius 1 is 1.10 bits per heavy atom. The van der Waals surface area contributed by atoms with Crippen LogP contribution in [-0.4, -0.2) is 4.98 Å². The Hall–Kier alpha value is -2.26. The van der Waals surface area contributed by atoms with Crippen LogP contribution >= 0.6 is 11.6 Å². The Bertz CT molecular complexity index is 756. The molecular weight excluding hydrogens is 270 g/mol. The largest absolute Gasteiger partial charge is 0.398 e. The zero-order valence-corrected chi connectivity index (χ0v) is 11.6. The highest BCUT2D eigenvalue weighted by atomic mass is 35.5. The van der Waals surface area contributed by atoms with Crippen LogP contribution in [0.1, 0.15) is 5.56 Å². The zero-order chi connectivity index (χ0) is 13.9. The molecule has 1 aromatic heterocycles. The van der Waals surface area contributed by atoms with Gasteiger partial charge in [0.1, 0.15) is 0 Å². The second-order valence-corrected chi connectivity index (χ2v) is 5.04. The second-order valence-electron chi connectivity index (χ2n) is 4.61. The quantitative estimate of drug-likeness (QED) is 0.712. The maximum Gasteiger partial charge on any atom is 0.0439 e. The van der Waals surface area contributed by atoms with E-state index in [2.05, 4.69) is 10.3 Å². The van der Waals surface area contributed by atoms with Crippen LogP contribution in [0, 0.1) is 0 Å². The molecule has 0 spiro atoms. The molecule has 0 aliphatic heterocycles. The Kier molecular flexibility index (Phi) is 3.44. The Labute approximate surface area is 122 Å². The molecular formula is C16H14ClN3. The highest BCUT2D eigenvalue weighted by Crippen LogP contribution is 2.27. The number of pyridine rings is 1. The number of hydrogen-bond acceptors (Lipinski definition) is 3. The van der Waals surface area contributed by atoms with Gasteiger partial charge in [-0.25, -0.2) is 0 Å². The molecule has 3 aromatic rings. The Morgan fingerprint density at radius 3 is 2.85 bits per heavy atom. The van der Waals surface area contributed by atoms with E-state index in [1.54, 1.807) is 6.20 Å². The van der Waals surface area contributed by atoms with E-state index in [0.29, 0.717) is 6.54 Å². The average Bonchev–Trinajstić information content (AvgIpc) is 2.47. The molecule has 0 unspecified atom stereocenters. The predicted molar refractivity (Wildman–Crippen MR) is 84.9 cm³/mol. The molecule has 0 aliphatic rings. The molecule has 0 amide bonds. The number of halogens is 1. The smallest absolute Gasteiger partial charge is 0.0439 e. The molecule has 3 nitrogen and oxygen atoms in total. The van der Waals surface area contributed by atoms with Gasteiger partial charge in [0.15, 0.2) is 0 Å². The molecule has 0 fully saturated rings. The van der Waals surface area contributed by atoms with E-state index >= 15 is 0 Å². The van der Waals surface area contributed by atoms with Gasteiger partial charge in [-0.15, -0.1) is 0 Å². The Balaban J connectivity index is 1.90. The summed E-state index contributed by atoms with van der Waals surface area (Å²) in [6, 6.07) is 13.6. The van der Waals surface area contributed by atoms with Gasteiger partial charge < -0.3 is 11.1 Å². The summed E-state index contributed by atoms with van der Waals surface area (Å²) in [6.07, 6.45) is 3.57. The van der Waals surface area contributed by atoms with Crippen molar-refractivity contribution >= 4 is 33.7 Å².